The molecular formula is C17H12N4S. The van der Waals surface area contributed by atoms with Crippen LogP contribution in [0.15, 0.2) is 70.8 Å². The fourth-order valence-corrected chi connectivity index (χ4v) is 2.48. The number of pyridine rings is 1. The zero-order chi connectivity index (χ0) is 15.2. The molecule has 1 aromatic heterocycles. The van der Waals surface area contributed by atoms with Crippen molar-refractivity contribution in [1.82, 2.24) is 4.98 Å². The second-order valence-electron chi connectivity index (χ2n) is 4.50. The Balaban J connectivity index is 1.91. The van der Waals surface area contributed by atoms with Gasteiger partial charge in [-0.05, 0) is 24.3 Å². The van der Waals surface area contributed by atoms with E-state index in [4.69, 9.17) is 5.26 Å². The molecule has 4 nitrogen and oxygen atoms in total. The molecule has 0 aliphatic carbocycles. The second kappa shape index (κ2) is 6.74. The van der Waals surface area contributed by atoms with Crippen LogP contribution in [0.3, 0.4) is 0 Å². The number of fused-ring (bicyclic) bond motifs is 1. The number of nitrogens with one attached hydrogen (secondary N) is 1. The minimum absolute atomic E-state index is 0.653. The Labute approximate surface area is 132 Å². The highest BCUT2D eigenvalue weighted by atomic mass is 32.2. The van der Waals surface area contributed by atoms with Gasteiger partial charge in [0.2, 0.25) is 0 Å². The number of thiocyanates is 1. The Kier molecular flexibility index (Phi) is 4.33. The summed E-state index contributed by atoms with van der Waals surface area (Å²) in [5, 5.41) is 16.9. The lowest BCUT2D eigenvalue weighted by atomic mass is 10.2. The third-order valence-electron chi connectivity index (χ3n) is 3.03. The molecule has 0 fully saturated rings. The highest BCUT2D eigenvalue weighted by Gasteiger charge is 2.05. The number of hydrogen-bond acceptors (Lipinski definition) is 5. The summed E-state index contributed by atoms with van der Waals surface area (Å²) < 4.78 is 0. The van der Waals surface area contributed by atoms with E-state index in [-0.39, 0.29) is 0 Å². The number of hydrogen-bond donors (Lipinski definition) is 1. The first-order chi connectivity index (χ1) is 10.9. The molecule has 0 amide bonds. The van der Waals surface area contributed by atoms with Crippen molar-refractivity contribution >= 4 is 34.6 Å². The van der Waals surface area contributed by atoms with Crippen molar-refractivity contribution in [2.24, 2.45) is 5.10 Å². The van der Waals surface area contributed by atoms with Crippen molar-refractivity contribution in [3.8, 4) is 5.40 Å². The van der Waals surface area contributed by atoms with E-state index in [1.165, 1.54) is 0 Å². The summed E-state index contributed by atoms with van der Waals surface area (Å²) in [5.74, 6) is 0. The van der Waals surface area contributed by atoms with E-state index in [1.807, 2.05) is 60.7 Å². The molecule has 0 atom stereocenters. The van der Waals surface area contributed by atoms with E-state index in [0.717, 1.165) is 33.9 Å². The third kappa shape index (κ3) is 3.25. The topological polar surface area (TPSA) is 61.1 Å². The molecule has 0 spiro atoms. The quantitative estimate of drug-likeness (QED) is 0.339. The summed E-state index contributed by atoms with van der Waals surface area (Å²) in [6.45, 7) is 0. The van der Waals surface area contributed by atoms with Crippen molar-refractivity contribution in [1.29, 1.82) is 5.26 Å². The van der Waals surface area contributed by atoms with E-state index in [1.54, 1.807) is 6.21 Å². The Morgan fingerprint density at radius 3 is 2.68 bits per heavy atom. The van der Waals surface area contributed by atoms with Crippen molar-refractivity contribution in [2.45, 2.75) is 5.03 Å². The summed E-state index contributed by atoms with van der Waals surface area (Å²) in [6.07, 6.45) is 1.69. The van der Waals surface area contributed by atoms with Gasteiger partial charge in [-0.2, -0.15) is 10.4 Å². The van der Waals surface area contributed by atoms with Crippen LogP contribution in [0.1, 0.15) is 5.56 Å². The predicted molar refractivity (Wildman–Crippen MR) is 90.9 cm³/mol. The molecule has 5 heteroatoms. The lowest BCUT2D eigenvalue weighted by Crippen LogP contribution is -1.94. The highest BCUT2D eigenvalue weighted by Crippen LogP contribution is 2.23. The zero-order valence-electron chi connectivity index (χ0n) is 11.6. The van der Waals surface area contributed by atoms with E-state index in [0.29, 0.717) is 5.03 Å². The maximum absolute atomic E-state index is 8.93. The molecule has 1 N–H and O–H groups in total. The molecule has 22 heavy (non-hydrogen) atoms. The molecule has 106 valence electrons. The van der Waals surface area contributed by atoms with Crippen LogP contribution >= 0.6 is 11.8 Å². The summed E-state index contributed by atoms with van der Waals surface area (Å²) in [7, 11) is 0. The molecule has 0 saturated heterocycles. The summed E-state index contributed by atoms with van der Waals surface area (Å²) >= 11 is 1.04. The number of aromatic nitrogens is 1. The van der Waals surface area contributed by atoms with Gasteiger partial charge in [-0.15, -0.1) is 0 Å². The Bertz CT molecular complexity index is 853. The third-order valence-corrected chi connectivity index (χ3v) is 3.64. The van der Waals surface area contributed by atoms with Crippen LogP contribution in [-0.2, 0) is 0 Å². The van der Waals surface area contributed by atoms with Crippen molar-refractivity contribution in [2.75, 3.05) is 5.43 Å². The lowest BCUT2D eigenvalue weighted by Gasteiger charge is -2.04. The Morgan fingerprint density at radius 1 is 1.09 bits per heavy atom. The molecule has 0 bridgehead atoms. The Hall–Kier alpha value is -2.84. The number of thioether (sulfide) groups is 1. The SMILES string of the molecule is N#CSc1nc2ccccc2cc1C=NNc1ccccc1. The van der Waals surface area contributed by atoms with Gasteiger partial charge in [-0.1, -0.05) is 36.4 Å². The van der Waals surface area contributed by atoms with Gasteiger partial charge in [0.15, 0.2) is 0 Å². The molecule has 1 heterocycles. The standard InChI is InChI=1S/C17H12N4S/c18-12-22-17-14(10-13-6-4-5-9-16(13)20-17)11-19-21-15-7-2-1-3-8-15/h1-11,21H. The fraction of sp³-hybridized carbons (Fsp3) is 0. The summed E-state index contributed by atoms with van der Waals surface area (Å²) in [6, 6.07) is 19.5. The number of nitrogens with zero attached hydrogens (tertiary/aromatic N) is 3. The van der Waals surface area contributed by atoms with Gasteiger partial charge in [0.1, 0.15) is 10.4 Å². The maximum Gasteiger partial charge on any atom is 0.140 e. The number of benzene rings is 2. The first-order valence-corrected chi connectivity index (χ1v) is 7.48. The average molecular weight is 304 g/mol. The van der Waals surface area contributed by atoms with E-state index in [2.05, 4.69) is 20.9 Å². The van der Waals surface area contributed by atoms with E-state index in [9.17, 15) is 0 Å². The van der Waals surface area contributed by atoms with E-state index < -0.39 is 0 Å². The van der Waals surface area contributed by atoms with Gasteiger partial charge >= 0.3 is 0 Å². The normalized spacial score (nSPS) is 10.7. The van der Waals surface area contributed by atoms with Gasteiger partial charge < -0.3 is 0 Å². The molecule has 3 rings (SSSR count). The van der Waals surface area contributed by atoms with Crippen molar-refractivity contribution in [3.05, 3.63) is 66.2 Å². The van der Waals surface area contributed by atoms with Crippen LogP contribution in [0.4, 0.5) is 5.69 Å². The molecule has 0 radical (unpaired) electrons. The van der Waals surface area contributed by atoms with Gasteiger partial charge in [-0.3, -0.25) is 5.43 Å². The zero-order valence-corrected chi connectivity index (χ0v) is 12.4. The number of hydrazone groups is 1. The molecule has 3 aromatic rings. The first-order valence-electron chi connectivity index (χ1n) is 6.66. The van der Waals surface area contributed by atoms with Crippen LogP contribution < -0.4 is 5.43 Å². The minimum Gasteiger partial charge on any atom is -0.279 e. The minimum atomic E-state index is 0.653. The number of rotatable bonds is 4. The predicted octanol–water partition coefficient (Wildman–Crippen LogP) is 4.25. The van der Waals surface area contributed by atoms with Gasteiger partial charge in [0, 0.05) is 22.7 Å². The van der Waals surface area contributed by atoms with Gasteiger partial charge in [-0.25, -0.2) is 4.98 Å². The number of anilines is 1. The number of nitriles is 1. The van der Waals surface area contributed by atoms with Gasteiger partial charge in [0.05, 0.1) is 17.4 Å². The maximum atomic E-state index is 8.93. The molecule has 0 aliphatic rings. The van der Waals surface area contributed by atoms with Crippen LogP contribution in [-0.4, -0.2) is 11.2 Å². The number of para-hydroxylation sites is 2. The van der Waals surface area contributed by atoms with Crippen molar-refractivity contribution < 1.29 is 0 Å². The monoisotopic (exact) mass is 304 g/mol. The largest absolute Gasteiger partial charge is 0.279 e. The summed E-state index contributed by atoms with van der Waals surface area (Å²) in [5.41, 5.74) is 5.55. The smallest absolute Gasteiger partial charge is 0.140 e. The average Bonchev–Trinajstić information content (AvgIpc) is 2.56. The molecule has 2 aromatic carbocycles. The van der Waals surface area contributed by atoms with Crippen LogP contribution in [0.2, 0.25) is 0 Å². The first kappa shape index (κ1) is 14.1. The van der Waals surface area contributed by atoms with Crippen molar-refractivity contribution in [3.63, 3.8) is 0 Å². The van der Waals surface area contributed by atoms with E-state index >= 15 is 0 Å². The molecular weight excluding hydrogens is 292 g/mol. The Morgan fingerprint density at radius 2 is 1.86 bits per heavy atom. The molecule has 0 aliphatic heterocycles. The molecule has 0 unspecified atom stereocenters. The van der Waals surface area contributed by atoms with Crippen LogP contribution in [0.5, 0.6) is 0 Å². The fourth-order valence-electron chi connectivity index (χ4n) is 2.02. The van der Waals surface area contributed by atoms with Crippen LogP contribution in [0.25, 0.3) is 10.9 Å². The van der Waals surface area contributed by atoms with Gasteiger partial charge in [0.25, 0.3) is 0 Å². The highest BCUT2D eigenvalue weighted by molar-refractivity contribution is 8.03. The summed E-state index contributed by atoms with van der Waals surface area (Å²) in [4.78, 5) is 4.51. The van der Waals surface area contributed by atoms with Crippen LogP contribution in [0, 0.1) is 10.7 Å². The second-order valence-corrected chi connectivity index (χ2v) is 5.28. The molecule has 0 saturated carbocycles. The lowest BCUT2D eigenvalue weighted by molar-refractivity contribution is 1.18.